The molecule has 0 aliphatic heterocycles. The Hall–Kier alpha value is -1.40. The summed E-state index contributed by atoms with van der Waals surface area (Å²) in [7, 11) is 0. The van der Waals surface area contributed by atoms with Gasteiger partial charge in [0.2, 0.25) is 5.75 Å². The van der Waals surface area contributed by atoms with E-state index in [4.69, 9.17) is 0 Å². The Bertz CT molecular complexity index is 617. The maximum Gasteiger partial charge on any atom is 0.200 e. The first-order valence-electron chi connectivity index (χ1n) is 5.40. The highest BCUT2D eigenvalue weighted by molar-refractivity contribution is 9.11. The first kappa shape index (κ1) is 14.0. The van der Waals surface area contributed by atoms with Gasteiger partial charge in [0, 0.05) is 26.7 Å². The molecule has 0 aliphatic rings. The zero-order chi connectivity index (χ0) is 14.0. The third kappa shape index (κ3) is 3.13. The fourth-order valence-corrected chi connectivity index (χ4v) is 2.76. The molecule has 0 unspecified atom stereocenters. The molecule has 0 saturated carbocycles. The summed E-state index contributed by atoms with van der Waals surface area (Å²) in [5, 5.41) is 31.5. The maximum absolute atomic E-state index is 9.70. The van der Waals surface area contributed by atoms with E-state index in [1.807, 2.05) is 18.2 Å². The number of anilines is 1. The summed E-state index contributed by atoms with van der Waals surface area (Å²) in [6.45, 7) is 0.319. The fourth-order valence-electron chi connectivity index (χ4n) is 1.58. The van der Waals surface area contributed by atoms with Crippen LogP contribution in [0.5, 0.6) is 17.2 Å². The van der Waals surface area contributed by atoms with Crippen LogP contribution in [0, 0.1) is 0 Å². The van der Waals surface area contributed by atoms with Gasteiger partial charge >= 0.3 is 0 Å². The minimum absolute atomic E-state index is 0.319. The van der Waals surface area contributed by atoms with Crippen LogP contribution in [-0.2, 0) is 6.54 Å². The van der Waals surface area contributed by atoms with E-state index in [1.54, 1.807) is 6.07 Å². The Kier molecular flexibility index (Phi) is 4.21. The van der Waals surface area contributed by atoms with Crippen molar-refractivity contribution >= 4 is 37.5 Å². The predicted molar refractivity (Wildman–Crippen MR) is 80.6 cm³/mol. The van der Waals surface area contributed by atoms with E-state index in [0.29, 0.717) is 12.1 Å². The molecule has 0 aliphatic carbocycles. The summed E-state index contributed by atoms with van der Waals surface area (Å²) in [5.41, 5.74) is 1.35. The largest absolute Gasteiger partial charge is 0.504 e. The van der Waals surface area contributed by atoms with Crippen LogP contribution < -0.4 is 5.32 Å². The monoisotopic (exact) mass is 387 g/mol. The van der Waals surface area contributed by atoms with E-state index < -0.39 is 5.75 Å². The van der Waals surface area contributed by atoms with Crippen molar-refractivity contribution in [2.75, 3.05) is 5.32 Å². The first-order valence-corrected chi connectivity index (χ1v) is 6.99. The van der Waals surface area contributed by atoms with Crippen molar-refractivity contribution in [3.63, 3.8) is 0 Å². The van der Waals surface area contributed by atoms with E-state index in [9.17, 15) is 15.3 Å². The van der Waals surface area contributed by atoms with Crippen molar-refractivity contribution in [3.05, 3.63) is 44.8 Å². The number of hydrogen-bond acceptors (Lipinski definition) is 4. The smallest absolute Gasteiger partial charge is 0.200 e. The Morgan fingerprint density at radius 2 is 1.68 bits per heavy atom. The van der Waals surface area contributed by atoms with E-state index in [-0.39, 0.29) is 11.5 Å². The van der Waals surface area contributed by atoms with Crippen molar-refractivity contribution < 1.29 is 15.3 Å². The Balaban J connectivity index is 2.17. The highest BCUT2D eigenvalue weighted by Crippen LogP contribution is 2.37. The van der Waals surface area contributed by atoms with E-state index >= 15 is 0 Å². The van der Waals surface area contributed by atoms with Crippen LogP contribution in [0.15, 0.2) is 39.3 Å². The lowest BCUT2D eigenvalue weighted by atomic mass is 10.1. The van der Waals surface area contributed by atoms with Gasteiger partial charge in [-0.2, -0.15) is 0 Å². The number of hydrogen-bond donors (Lipinski definition) is 4. The van der Waals surface area contributed by atoms with Crippen LogP contribution in [0.3, 0.4) is 0 Å². The normalized spacial score (nSPS) is 10.4. The second-order valence-corrected chi connectivity index (χ2v) is 5.69. The van der Waals surface area contributed by atoms with Gasteiger partial charge in [0.25, 0.3) is 0 Å². The molecule has 0 fully saturated rings. The molecule has 0 heterocycles. The van der Waals surface area contributed by atoms with Crippen LogP contribution in [0.2, 0.25) is 0 Å². The van der Waals surface area contributed by atoms with Crippen molar-refractivity contribution in [2.24, 2.45) is 0 Å². The van der Waals surface area contributed by atoms with Gasteiger partial charge in [-0.15, -0.1) is 0 Å². The molecular formula is C13H11Br2NO3. The molecule has 6 heteroatoms. The minimum Gasteiger partial charge on any atom is -0.504 e. The molecule has 4 N–H and O–H groups in total. The minimum atomic E-state index is -0.505. The van der Waals surface area contributed by atoms with Crippen molar-refractivity contribution in [1.82, 2.24) is 0 Å². The van der Waals surface area contributed by atoms with Crippen molar-refractivity contribution in [3.8, 4) is 17.2 Å². The van der Waals surface area contributed by atoms with E-state index in [2.05, 4.69) is 37.2 Å². The highest BCUT2D eigenvalue weighted by atomic mass is 79.9. The number of aromatic hydroxyl groups is 3. The molecule has 100 valence electrons. The summed E-state index contributed by atoms with van der Waals surface area (Å²) >= 11 is 6.78. The molecule has 0 amide bonds. The molecule has 4 nitrogen and oxygen atoms in total. The second kappa shape index (κ2) is 5.71. The average molecular weight is 389 g/mol. The molecule has 0 atom stereocenters. The van der Waals surface area contributed by atoms with Gasteiger partial charge in [0.15, 0.2) is 11.5 Å². The third-order valence-electron chi connectivity index (χ3n) is 2.61. The molecule has 2 aromatic rings. The van der Waals surface area contributed by atoms with Gasteiger partial charge < -0.3 is 20.6 Å². The van der Waals surface area contributed by atoms with Crippen molar-refractivity contribution in [1.29, 1.82) is 0 Å². The number of benzene rings is 2. The maximum atomic E-state index is 9.70. The summed E-state index contributed by atoms with van der Waals surface area (Å²) in [6, 6.07) is 8.55. The summed E-state index contributed by atoms with van der Waals surface area (Å²) < 4.78 is 1.83. The number of nitrogens with one attached hydrogen (secondary N) is 1. The second-order valence-electron chi connectivity index (χ2n) is 3.92. The zero-order valence-corrected chi connectivity index (χ0v) is 12.9. The van der Waals surface area contributed by atoms with Gasteiger partial charge in [-0.25, -0.2) is 0 Å². The first-order chi connectivity index (χ1) is 8.99. The molecule has 0 bridgehead atoms. The van der Waals surface area contributed by atoms with Gasteiger partial charge in [0.1, 0.15) is 0 Å². The molecule has 0 saturated heterocycles. The fraction of sp³-hybridized carbons (Fsp3) is 0.0769. The molecule has 0 aromatic heterocycles. The summed E-state index contributed by atoms with van der Waals surface area (Å²) in [4.78, 5) is 0. The lowest BCUT2D eigenvalue weighted by Gasteiger charge is -2.11. The predicted octanol–water partition coefficient (Wildman–Crippen LogP) is 3.94. The van der Waals surface area contributed by atoms with E-state index in [0.717, 1.165) is 14.6 Å². The van der Waals surface area contributed by atoms with Gasteiger partial charge in [0.05, 0.1) is 0 Å². The van der Waals surface area contributed by atoms with Gasteiger partial charge in [-0.3, -0.25) is 0 Å². The van der Waals surface area contributed by atoms with Crippen LogP contribution in [0.4, 0.5) is 5.69 Å². The lowest BCUT2D eigenvalue weighted by Crippen LogP contribution is -2.00. The Labute approximate surface area is 127 Å². The van der Waals surface area contributed by atoms with Crippen LogP contribution in [0.1, 0.15) is 5.56 Å². The standard InChI is InChI=1S/C13H11Br2NO3/c14-8-2-3-10(9(15)5-8)16-6-7-1-4-11(17)13(19)12(7)18/h1-5,16-19H,6H2. The van der Waals surface area contributed by atoms with E-state index in [1.165, 1.54) is 6.07 Å². The molecule has 0 radical (unpaired) electrons. The number of phenols is 3. The summed E-state index contributed by atoms with van der Waals surface area (Å²) in [6.07, 6.45) is 0. The number of halogens is 2. The van der Waals surface area contributed by atoms with Gasteiger partial charge in [-0.05, 0) is 46.3 Å². The van der Waals surface area contributed by atoms with Crippen LogP contribution in [-0.4, -0.2) is 15.3 Å². The molecular weight excluding hydrogens is 378 g/mol. The average Bonchev–Trinajstić information content (AvgIpc) is 2.37. The Morgan fingerprint density at radius 3 is 2.37 bits per heavy atom. The number of phenolic OH excluding ortho intramolecular Hbond substituents is 3. The summed E-state index contributed by atoms with van der Waals surface area (Å²) in [5.74, 6) is -1.17. The zero-order valence-electron chi connectivity index (χ0n) is 9.69. The topological polar surface area (TPSA) is 72.7 Å². The SMILES string of the molecule is Oc1ccc(CNc2ccc(Br)cc2Br)c(O)c1O. The molecule has 0 spiro atoms. The number of rotatable bonds is 3. The lowest BCUT2D eigenvalue weighted by molar-refractivity contribution is 0.365. The quantitative estimate of drug-likeness (QED) is 0.601. The van der Waals surface area contributed by atoms with Crippen molar-refractivity contribution in [2.45, 2.75) is 6.54 Å². The highest BCUT2D eigenvalue weighted by Gasteiger charge is 2.11. The Morgan fingerprint density at radius 1 is 0.947 bits per heavy atom. The van der Waals surface area contributed by atoms with Gasteiger partial charge in [-0.1, -0.05) is 15.9 Å². The molecule has 19 heavy (non-hydrogen) atoms. The van der Waals surface area contributed by atoms with Crippen LogP contribution in [0.25, 0.3) is 0 Å². The third-order valence-corrected chi connectivity index (χ3v) is 3.76. The van der Waals surface area contributed by atoms with Crippen LogP contribution >= 0.6 is 31.9 Å². The molecule has 2 aromatic carbocycles. The molecule has 2 rings (SSSR count).